The summed E-state index contributed by atoms with van der Waals surface area (Å²) < 4.78 is 5.44. The van der Waals surface area contributed by atoms with Crippen LogP contribution in [0.25, 0.3) is 11.3 Å². The van der Waals surface area contributed by atoms with E-state index < -0.39 is 0 Å². The summed E-state index contributed by atoms with van der Waals surface area (Å²) in [5.41, 5.74) is 10.9. The molecule has 1 amide bonds. The van der Waals surface area contributed by atoms with Gasteiger partial charge in [0.15, 0.2) is 0 Å². The lowest BCUT2D eigenvalue weighted by atomic mass is 9.82. The quantitative estimate of drug-likeness (QED) is 0.201. The Morgan fingerprint density at radius 3 is 1.70 bits per heavy atom. The third kappa shape index (κ3) is 6.82. The SMILES string of the molecule is CN(C)C1(C(N)c2ccccc2)CCCC1.Cc1onc(-c2ccccc2)c1C(=O)NC(c1ccccc1)C1(N(C)C)CCCC1. The number of benzene rings is 3. The number of nitrogens with zero attached hydrogens (tertiary/aromatic N) is 3. The molecule has 0 radical (unpaired) electrons. The third-order valence-electron chi connectivity index (χ3n) is 10.5. The third-order valence-corrected chi connectivity index (χ3v) is 10.5. The predicted octanol–water partition coefficient (Wildman–Crippen LogP) is 7.56. The van der Waals surface area contributed by atoms with Crippen LogP contribution in [0.15, 0.2) is 95.5 Å². The average molecular weight is 622 g/mol. The van der Waals surface area contributed by atoms with E-state index in [9.17, 15) is 4.79 Å². The second-order valence-electron chi connectivity index (χ2n) is 13.4. The van der Waals surface area contributed by atoms with Crippen LogP contribution in [0.5, 0.6) is 0 Å². The maximum absolute atomic E-state index is 13.6. The molecule has 6 rings (SSSR count). The van der Waals surface area contributed by atoms with Crippen molar-refractivity contribution in [1.82, 2.24) is 20.3 Å². The summed E-state index contributed by atoms with van der Waals surface area (Å²) in [6.07, 6.45) is 9.48. The van der Waals surface area contributed by atoms with Crippen LogP contribution in [0, 0.1) is 6.92 Å². The summed E-state index contributed by atoms with van der Waals surface area (Å²) in [4.78, 5) is 18.2. The normalized spacial score (nSPS) is 18.2. The molecule has 1 heterocycles. The molecule has 1 aromatic heterocycles. The molecule has 2 aliphatic rings. The Labute approximate surface area is 275 Å². The van der Waals surface area contributed by atoms with Crippen molar-refractivity contribution < 1.29 is 9.32 Å². The Kier molecular flexibility index (Phi) is 10.8. The van der Waals surface area contributed by atoms with Crippen LogP contribution >= 0.6 is 0 Å². The topological polar surface area (TPSA) is 87.6 Å². The van der Waals surface area contributed by atoms with Gasteiger partial charge in [0.25, 0.3) is 5.91 Å². The van der Waals surface area contributed by atoms with E-state index in [-0.39, 0.29) is 29.1 Å². The smallest absolute Gasteiger partial charge is 0.257 e. The highest BCUT2D eigenvalue weighted by molar-refractivity contribution is 6.01. The van der Waals surface area contributed by atoms with Gasteiger partial charge in [-0.15, -0.1) is 0 Å². The number of nitrogens with one attached hydrogen (secondary N) is 1. The van der Waals surface area contributed by atoms with E-state index >= 15 is 0 Å². The maximum atomic E-state index is 13.6. The lowest BCUT2D eigenvalue weighted by molar-refractivity contribution is 0.0765. The summed E-state index contributed by atoms with van der Waals surface area (Å²) in [5.74, 6) is 0.387. The first-order valence-corrected chi connectivity index (χ1v) is 16.7. The van der Waals surface area contributed by atoms with Crippen LogP contribution in [-0.4, -0.2) is 60.1 Å². The van der Waals surface area contributed by atoms with Gasteiger partial charge in [-0.2, -0.15) is 0 Å². The van der Waals surface area contributed by atoms with E-state index in [4.69, 9.17) is 10.3 Å². The van der Waals surface area contributed by atoms with Crippen molar-refractivity contribution in [3.8, 4) is 11.3 Å². The van der Waals surface area contributed by atoms with Crippen molar-refractivity contribution in [2.24, 2.45) is 5.73 Å². The van der Waals surface area contributed by atoms with Crippen molar-refractivity contribution in [1.29, 1.82) is 0 Å². The monoisotopic (exact) mass is 621 g/mol. The van der Waals surface area contributed by atoms with Gasteiger partial charge in [0.1, 0.15) is 17.0 Å². The fourth-order valence-electron chi connectivity index (χ4n) is 7.78. The van der Waals surface area contributed by atoms with Crippen LogP contribution in [-0.2, 0) is 0 Å². The highest BCUT2D eigenvalue weighted by atomic mass is 16.5. The van der Waals surface area contributed by atoms with Gasteiger partial charge >= 0.3 is 0 Å². The number of amides is 1. The number of likely N-dealkylation sites (N-methyl/N-ethyl adjacent to an activating group) is 2. The van der Waals surface area contributed by atoms with E-state index in [0.29, 0.717) is 17.0 Å². The van der Waals surface area contributed by atoms with Gasteiger partial charge in [-0.25, -0.2) is 0 Å². The number of aryl methyl sites for hydroxylation is 1. The van der Waals surface area contributed by atoms with Gasteiger partial charge in [-0.3, -0.25) is 4.79 Å². The number of nitrogens with two attached hydrogens (primary N) is 1. The molecular weight excluding hydrogens is 570 g/mol. The zero-order valence-electron chi connectivity index (χ0n) is 28.2. The Hall–Kier alpha value is -3.78. The molecule has 2 fully saturated rings. The van der Waals surface area contributed by atoms with Gasteiger partial charge < -0.3 is 25.4 Å². The van der Waals surface area contributed by atoms with Crippen LogP contribution in [0.4, 0.5) is 0 Å². The molecule has 3 N–H and O–H groups in total. The lowest BCUT2D eigenvalue weighted by Gasteiger charge is -2.43. The summed E-state index contributed by atoms with van der Waals surface area (Å²) in [5, 5.41) is 7.56. The van der Waals surface area contributed by atoms with E-state index in [1.54, 1.807) is 6.92 Å². The van der Waals surface area contributed by atoms with Crippen molar-refractivity contribution in [3.05, 3.63) is 113 Å². The predicted molar refractivity (Wildman–Crippen MR) is 186 cm³/mol. The summed E-state index contributed by atoms with van der Waals surface area (Å²) >= 11 is 0. The second kappa shape index (κ2) is 14.8. The average Bonchev–Trinajstić information content (AvgIpc) is 3.86. The fourth-order valence-corrected chi connectivity index (χ4v) is 7.78. The van der Waals surface area contributed by atoms with Crippen molar-refractivity contribution in [2.45, 2.75) is 81.5 Å². The first-order valence-electron chi connectivity index (χ1n) is 16.7. The van der Waals surface area contributed by atoms with Gasteiger partial charge in [0.05, 0.1) is 6.04 Å². The van der Waals surface area contributed by atoms with E-state index in [1.165, 1.54) is 44.1 Å². The second-order valence-corrected chi connectivity index (χ2v) is 13.4. The molecule has 0 spiro atoms. The van der Waals surface area contributed by atoms with Crippen LogP contribution < -0.4 is 11.1 Å². The standard InChI is InChI=1S/C25H29N3O2.C14H22N2/c1-18-21(22(27-30-18)19-12-6-4-7-13-19)24(29)26-23(20-14-8-5-9-15-20)25(28(2)3)16-10-11-17-25;1-16(2)14(10-6-7-11-14)13(15)12-8-4-3-5-9-12/h4-9,12-15,23H,10-11,16-17H2,1-3H3,(H,26,29);3-5,8-9,13H,6-7,10-11,15H2,1-2H3. The Morgan fingerprint density at radius 1 is 0.739 bits per heavy atom. The molecular formula is C39H51N5O2. The Balaban J connectivity index is 0.000000219. The van der Waals surface area contributed by atoms with Gasteiger partial charge in [0.2, 0.25) is 0 Å². The summed E-state index contributed by atoms with van der Waals surface area (Å²) in [6.45, 7) is 1.79. The molecule has 0 aliphatic heterocycles. The minimum absolute atomic E-state index is 0.116. The number of hydrogen-bond acceptors (Lipinski definition) is 6. The highest BCUT2D eigenvalue weighted by Gasteiger charge is 2.45. The molecule has 2 unspecified atom stereocenters. The molecule has 7 nitrogen and oxygen atoms in total. The molecule has 2 saturated carbocycles. The number of carbonyl (C=O) groups is 1. The zero-order chi connectivity index (χ0) is 32.7. The largest absolute Gasteiger partial charge is 0.360 e. The summed E-state index contributed by atoms with van der Waals surface area (Å²) in [6, 6.07) is 30.5. The molecule has 2 atom stereocenters. The molecule has 7 heteroatoms. The van der Waals surface area contributed by atoms with E-state index in [2.05, 4.69) is 84.9 Å². The van der Waals surface area contributed by atoms with Gasteiger partial charge in [-0.1, -0.05) is 122 Å². The molecule has 4 aromatic rings. The number of carbonyl (C=O) groups excluding carboxylic acids is 1. The van der Waals surface area contributed by atoms with Crippen molar-refractivity contribution >= 4 is 5.91 Å². The van der Waals surface area contributed by atoms with Crippen LogP contribution in [0.1, 0.15) is 90.7 Å². The highest BCUT2D eigenvalue weighted by Crippen LogP contribution is 2.44. The lowest BCUT2D eigenvalue weighted by Crippen LogP contribution is -2.53. The van der Waals surface area contributed by atoms with Crippen LogP contribution in [0.2, 0.25) is 0 Å². The minimum Gasteiger partial charge on any atom is -0.360 e. The molecule has 0 saturated heterocycles. The Bertz CT molecular complexity index is 1520. The molecule has 3 aromatic carbocycles. The summed E-state index contributed by atoms with van der Waals surface area (Å²) in [7, 11) is 8.56. The van der Waals surface area contributed by atoms with Gasteiger partial charge in [0, 0.05) is 22.7 Å². The fraction of sp³-hybridized carbons (Fsp3) is 0.436. The number of hydrogen-bond donors (Lipinski definition) is 2. The van der Waals surface area contributed by atoms with Crippen molar-refractivity contribution in [3.63, 3.8) is 0 Å². The number of rotatable bonds is 9. The first-order chi connectivity index (χ1) is 22.2. The molecule has 2 aliphatic carbocycles. The molecule has 0 bridgehead atoms. The Morgan fingerprint density at radius 2 is 1.20 bits per heavy atom. The first kappa shape index (κ1) is 33.6. The number of aromatic nitrogens is 1. The molecule has 244 valence electrons. The molecule has 46 heavy (non-hydrogen) atoms. The zero-order valence-corrected chi connectivity index (χ0v) is 28.2. The van der Waals surface area contributed by atoms with E-state index in [1.807, 2.05) is 54.6 Å². The van der Waals surface area contributed by atoms with Gasteiger partial charge in [-0.05, 0) is 71.9 Å². The van der Waals surface area contributed by atoms with Crippen LogP contribution in [0.3, 0.4) is 0 Å². The minimum atomic E-state index is -0.144. The van der Waals surface area contributed by atoms with Crippen molar-refractivity contribution in [2.75, 3.05) is 28.2 Å². The maximum Gasteiger partial charge on any atom is 0.257 e. The van der Waals surface area contributed by atoms with E-state index in [0.717, 1.165) is 24.0 Å².